The zero-order valence-corrected chi connectivity index (χ0v) is 14.6. The second-order valence-electron chi connectivity index (χ2n) is 5.75. The van der Waals surface area contributed by atoms with Crippen LogP contribution >= 0.6 is 0 Å². The van der Waals surface area contributed by atoms with Crippen molar-refractivity contribution < 1.29 is 14.5 Å². The van der Waals surface area contributed by atoms with E-state index in [2.05, 4.69) is 16.2 Å². The Hall–Kier alpha value is -4.20. The average Bonchev–Trinajstić information content (AvgIpc) is 2.73. The smallest absolute Gasteiger partial charge is 0.293 e. The predicted molar refractivity (Wildman–Crippen MR) is 104 cm³/mol. The lowest BCUT2D eigenvalue weighted by atomic mass is 10.1. The standard InChI is InChI=1S/C20H16N4O4/c25-19(14-7-3-1-4-8-14)22-23-20(26)15-11-12-17(18(13-15)24(27)28)21-16-9-5-2-6-10-16/h1-13,21H,(H,22,25)(H,23,26). The second kappa shape index (κ2) is 8.45. The van der Waals surface area contributed by atoms with Crippen LogP contribution in [0.3, 0.4) is 0 Å². The molecule has 3 aromatic rings. The quantitative estimate of drug-likeness (QED) is 0.466. The molecule has 0 aliphatic carbocycles. The van der Waals surface area contributed by atoms with Gasteiger partial charge in [-0.3, -0.25) is 30.6 Å². The maximum absolute atomic E-state index is 12.3. The Balaban J connectivity index is 1.73. The fourth-order valence-electron chi connectivity index (χ4n) is 2.45. The van der Waals surface area contributed by atoms with Crippen LogP contribution in [0, 0.1) is 10.1 Å². The molecule has 0 bridgehead atoms. The van der Waals surface area contributed by atoms with E-state index in [-0.39, 0.29) is 16.9 Å². The molecule has 140 valence electrons. The maximum Gasteiger partial charge on any atom is 0.293 e. The molecule has 3 aromatic carbocycles. The number of nitrogens with one attached hydrogen (secondary N) is 3. The first-order valence-electron chi connectivity index (χ1n) is 8.31. The van der Waals surface area contributed by atoms with Crippen LogP contribution < -0.4 is 16.2 Å². The molecule has 0 fully saturated rings. The summed E-state index contributed by atoms with van der Waals surface area (Å²) >= 11 is 0. The first kappa shape index (κ1) is 18.6. The van der Waals surface area contributed by atoms with E-state index in [1.165, 1.54) is 12.1 Å². The van der Waals surface area contributed by atoms with Crippen LogP contribution in [0.5, 0.6) is 0 Å². The maximum atomic E-state index is 12.3. The van der Waals surface area contributed by atoms with Crippen molar-refractivity contribution in [3.8, 4) is 0 Å². The van der Waals surface area contributed by atoms with Gasteiger partial charge in [0.2, 0.25) is 0 Å². The van der Waals surface area contributed by atoms with Crippen LogP contribution in [-0.4, -0.2) is 16.7 Å². The van der Waals surface area contributed by atoms with Crippen LogP contribution in [0.2, 0.25) is 0 Å². The molecule has 0 radical (unpaired) electrons. The number of hydrazine groups is 1. The van der Waals surface area contributed by atoms with Gasteiger partial charge in [-0.25, -0.2) is 0 Å². The highest BCUT2D eigenvalue weighted by molar-refractivity contribution is 5.99. The Labute approximate surface area is 160 Å². The molecule has 0 atom stereocenters. The third-order valence-electron chi connectivity index (χ3n) is 3.83. The minimum absolute atomic E-state index is 0.0404. The minimum atomic E-state index is -0.668. The fraction of sp³-hybridized carbons (Fsp3) is 0. The van der Waals surface area contributed by atoms with Crippen LogP contribution in [0.1, 0.15) is 20.7 Å². The molecule has 0 saturated carbocycles. The van der Waals surface area contributed by atoms with Crippen molar-refractivity contribution in [2.45, 2.75) is 0 Å². The lowest BCUT2D eigenvalue weighted by Crippen LogP contribution is -2.41. The summed E-state index contributed by atoms with van der Waals surface area (Å²) in [4.78, 5) is 35.0. The van der Waals surface area contributed by atoms with E-state index in [0.29, 0.717) is 11.3 Å². The number of benzene rings is 3. The van der Waals surface area contributed by atoms with Crippen LogP contribution in [-0.2, 0) is 0 Å². The highest BCUT2D eigenvalue weighted by Gasteiger charge is 2.18. The number of nitro benzene ring substituents is 1. The van der Waals surface area contributed by atoms with Gasteiger partial charge in [0.1, 0.15) is 5.69 Å². The van der Waals surface area contributed by atoms with Gasteiger partial charge in [-0.2, -0.15) is 0 Å². The molecule has 8 heteroatoms. The number of amides is 2. The molecule has 0 saturated heterocycles. The first-order chi connectivity index (χ1) is 13.5. The predicted octanol–water partition coefficient (Wildman–Crippen LogP) is 3.41. The highest BCUT2D eigenvalue weighted by atomic mass is 16.6. The largest absolute Gasteiger partial charge is 0.350 e. The van der Waals surface area contributed by atoms with Crippen molar-refractivity contribution in [2.75, 3.05) is 5.32 Å². The molecule has 2 amide bonds. The minimum Gasteiger partial charge on any atom is -0.350 e. The Morgan fingerprint density at radius 2 is 1.32 bits per heavy atom. The molecule has 0 heterocycles. The summed E-state index contributed by atoms with van der Waals surface area (Å²) in [5, 5.41) is 14.4. The molecular weight excluding hydrogens is 360 g/mol. The van der Waals surface area contributed by atoms with E-state index in [0.717, 1.165) is 6.07 Å². The summed E-state index contributed by atoms with van der Waals surface area (Å²) in [5.41, 5.74) is 5.61. The van der Waals surface area contributed by atoms with Gasteiger partial charge < -0.3 is 5.32 Å². The highest BCUT2D eigenvalue weighted by Crippen LogP contribution is 2.28. The van der Waals surface area contributed by atoms with Gasteiger partial charge in [-0.15, -0.1) is 0 Å². The summed E-state index contributed by atoms with van der Waals surface area (Å²) in [6.45, 7) is 0. The number of anilines is 2. The second-order valence-corrected chi connectivity index (χ2v) is 5.75. The fourth-order valence-corrected chi connectivity index (χ4v) is 2.45. The Morgan fingerprint density at radius 1 is 0.750 bits per heavy atom. The molecule has 0 spiro atoms. The molecule has 8 nitrogen and oxygen atoms in total. The third-order valence-corrected chi connectivity index (χ3v) is 3.83. The number of hydrogen-bond donors (Lipinski definition) is 3. The van der Waals surface area contributed by atoms with E-state index in [4.69, 9.17) is 0 Å². The SMILES string of the molecule is O=C(NNC(=O)c1ccc(Nc2ccccc2)c([N+](=O)[O-])c1)c1ccccc1. The van der Waals surface area contributed by atoms with Crippen molar-refractivity contribution in [2.24, 2.45) is 0 Å². The summed E-state index contributed by atoms with van der Waals surface area (Å²) in [6, 6.07) is 21.3. The van der Waals surface area contributed by atoms with Crippen molar-refractivity contribution in [3.63, 3.8) is 0 Å². The van der Waals surface area contributed by atoms with E-state index in [1.54, 1.807) is 54.6 Å². The normalized spacial score (nSPS) is 10.0. The number of nitro groups is 1. The number of carbonyl (C=O) groups is 2. The molecule has 3 rings (SSSR count). The Morgan fingerprint density at radius 3 is 1.93 bits per heavy atom. The summed E-state index contributed by atoms with van der Waals surface area (Å²) in [7, 11) is 0. The summed E-state index contributed by atoms with van der Waals surface area (Å²) < 4.78 is 0. The number of hydrogen-bond acceptors (Lipinski definition) is 5. The van der Waals surface area contributed by atoms with Crippen molar-refractivity contribution in [3.05, 3.63) is 100 Å². The van der Waals surface area contributed by atoms with Crippen LogP contribution in [0.4, 0.5) is 17.1 Å². The van der Waals surface area contributed by atoms with E-state index in [9.17, 15) is 19.7 Å². The molecule has 0 unspecified atom stereocenters. The molecule has 28 heavy (non-hydrogen) atoms. The summed E-state index contributed by atoms with van der Waals surface area (Å²) in [5.74, 6) is -1.16. The zero-order valence-electron chi connectivity index (χ0n) is 14.6. The van der Waals surface area contributed by atoms with Crippen LogP contribution in [0.15, 0.2) is 78.9 Å². The van der Waals surface area contributed by atoms with Gasteiger partial charge in [-0.1, -0.05) is 36.4 Å². The van der Waals surface area contributed by atoms with Crippen molar-refractivity contribution in [1.29, 1.82) is 0 Å². The zero-order chi connectivity index (χ0) is 19.9. The molecular formula is C20H16N4O4. The monoisotopic (exact) mass is 376 g/mol. The lowest BCUT2D eigenvalue weighted by molar-refractivity contribution is -0.383. The van der Waals surface area contributed by atoms with Crippen molar-refractivity contribution >= 4 is 28.9 Å². The van der Waals surface area contributed by atoms with Gasteiger partial charge >= 0.3 is 0 Å². The number of carbonyl (C=O) groups excluding carboxylic acids is 2. The van der Waals surface area contributed by atoms with Gasteiger partial charge in [-0.05, 0) is 36.4 Å². The van der Waals surface area contributed by atoms with E-state index >= 15 is 0 Å². The molecule has 0 aliphatic rings. The Bertz CT molecular complexity index is 1010. The molecule has 0 aromatic heterocycles. The number of para-hydroxylation sites is 1. The van der Waals surface area contributed by atoms with E-state index in [1.807, 2.05) is 6.07 Å². The molecule has 0 aliphatic heterocycles. The van der Waals surface area contributed by atoms with Crippen LogP contribution in [0.25, 0.3) is 0 Å². The van der Waals surface area contributed by atoms with Gasteiger partial charge in [0.15, 0.2) is 0 Å². The third kappa shape index (κ3) is 4.50. The van der Waals surface area contributed by atoms with Gasteiger partial charge in [0, 0.05) is 22.9 Å². The average molecular weight is 376 g/mol. The lowest BCUT2D eigenvalue weighted by Gasteiger charge is -2.10. The first-order valence-corrected chi connectivity index (χ1v) is 8.31. The summed E-state index contributed by atoms with van der Waals surface area (Å²) in [6.07, 6.45) is 0. The Kier molecular flexibility index (Phi) is 5.61. The van der Waals surface area contributed by atoms with Crippen molar-refractivity contribution in [1.82, 2.24) is 10.9 Å². The van der Waals surface area contributed by atoms with E-state index < -0.39 is 16.7 Å². The van der Waals surface area contributed by atoms with Gasteiger partial charge in [0.25, 0.3) is 17.5 Å². The molecule has 3 N–H and O–H groups in total. The topological polar surface area (TPSA) is 113 Å². The van der Waals surface area contributed by atoms with Gasteiger partial charge in [0.05, 0.1) is 4.92 Å². The number of rotatable bonds is 5. The number of nitrogens with zero attached hydrogens (tertiary/aromatic N) is 1.